The molecule has 1 amide bonds. The van der Waals surface area contributed by atoms with E-state index in [0.29, 0.717) is 22.3 Å². The molecule has 1 unspecified atom stereocenters. The third-order valence-electron chi connectivity index (χ3n) is 2.99. The zero-order valence-electron chi connectivity index (χ0n) is 11.7. The van der Waals surface area contributed by atoms with Crippen molar-refractivity contribution < 1.29 is 19.4 Å². The molecule has 6 heteroatoms. The van der Waals surface area contributed by atoms with Crippen LogP contribution in [0.15, 0.2) is 22.7 Å². The van der Waals surface area contributed by atoms with Gasteiger partial charge in [-0.05, 0) is 41.1 Å². The molecule has 0 saturated heterocycles. The molecule has 0 fully saturated rings. The number of aliphatic carboxylic acids is 1. The minimum absolute atomic E-state index is 0.175. The number of rotatable bonds is 6. The van der Waals surface area contributed by atoms with E-state index in [1.807, 2.05) is 6.92 Å². The van der Waals surface area contributed by atoms with Crippen LogP contribution in [0, 0.1) is 5.92 Å². The van der Waals surface area contributed by atoms with E-state index in [4.69, 9.17) is 9.84 Å². The summed E-state index contributed by atoms with van der Waals surface area (Å²) in [6.07, 6.45) is 0. The second-order valence-electron chi connectivity index (χ2n) is 4.43. The van der Waals surface area contributed by atoms with Gasteiger partial charge in [-0.25, -0.2) is 0 Å². The SMILES string of the molecule is CCN(CC(C)C(=O)O)C(=O)c1cc(OC)ccc1Br. The lowest BCUT2D eigenvalue weighted by Gasteiger charge is -2.23. The van der Waals surface area contributed by atoms with E-state index >= 15 is 0 Å². The van der Waals surface area contributed by atoms with Crippen molar-refractivity contribution in [3.63, 3.8) is 0 Å². The Morgan fingerprint density at radius 3 is 2.60 bits per heavy atom. The van der Waals surface area contributed by atoms with Crippen molar-refractivity contribution in [3.8, 4) is 5.75 Å². The van der Waals surface area contributed by atoms with E-state index < -0.39 is 11.9 Å². The maximum atomic E-state index is 12.5. The standard InChI is InChI=1S/C14H18BrNO4/c1-4-16(8-9(2)14(18)19)13(17)11-7-10(20-3)5-6-12(11)15/h5-7,9H,4,8H2,1-3H3,(H,18,19). The molecule has 1 aromatic rings. The quantitative estimate of drug-likeness (QED) is 0.862. The van der Waals surface area contributed by atoms with Gasteiger partial charge in [0.2, 0.25) is 0 Å². The lowest BCUT2D eigenvalue weighted by Crippen LogP contribution is -2.36. The second kappa shape index (κ2) is 7.28. The zero-order chi connectivity index (χ0) is 15.3. The fraction of sp³-hybridized carbons (Fsp3) is 0.429. The molecule has 0 aliphatic rings. The van der Waals surface area contributed by atoms with Crippen LogP contribution in [0.3, 0.4) is 0 Å². The molecular weight excluding hydrogens is 326 g/mol. The Kier molecular flexibility index (Phi) is 6.01. The fourth-order valence-electron chi connectivity index (χ4n) is 1.73. The summed E-state index contributed by atoms with van der Waals surface area (Å²) in [5.41, 5.74) is 0.462. The van der Waals surface area contributed by atoms with E-state index in [1.165, 1.54) is 12.0 Å². The molecule has 0 bridgehead atoms. The summed E-state index contributed by atoms with van der Waals surface area (Å²) in [7, 11) is 1.53. The van der Waals surface area contributed by atoms with Crippen LogP contribution in [0.5, 0.6) is 5.75 Å². The Hall–Kier alpha value is -1.56. The minimum Gasteiger partial charge on any atom is -0.497 e. The summed E-state index contributed by atoms with van der Waals surface area (Å²) in [6.45, 7) is 4.02. The first-order valence-corrected chi connectivity index (χ1v) is 7.05. The molecular formula is C14H18BrNO4. The Morgan fingerprint density at radius 2 is 2.10 bits per heavy atom. The van der Waals surface area contributed by atoms with Crippen molar-refractivity contribution in [2.45, 2.75) is 13.8 Å². The predicted octanol–water partition coefficient (Wildman–Crippen LogP) is 2.64. The molecule has 0 radical (unpaired) electrons. The first-order chi connectivity index (χ1) is 9.40. The summed E-state index contributed by atoms with van der Waals surface area (Å²) >= 11 is 3.33. The average molecular weight is 344 g/mol. The van der Waals surface area contributed by atoms with Gasteiger partial charge in [-0.1, -0.05) is 6.92 Å². The van der Waals surface area contributed by atoms with Gasteiger partial charge in [-0.2, -0.15) is 0 Å². The van der Waals surface area contributed by atoms with E-state index in [9.17, 15) is 9.59 Å². The number of ether oxygens (including phenoxy) is 1. The number of carboxylic acids is 1. The van der Waals surface area contributed by atoms with Gasteiger partial charge in [0, 0.05) is 17.6 Å². The molecule has 1 aromatic carbocycles. The van der Waals surface area contributed by atoms with Crippen molar-refractivity contribution >= 4 is 27.8 Å². The number of halogens is 1. The third-order valence-corrected chi connectivity index (χ3v) is 3.68. The van der Waals surface area contributed by atoms with Crippen LogP contribution >= 0.6 is 15.9 Å². The Bertz CT molecular complexity index is 504. The van der Waals surface area contributed by atoms with Gasteiger partial charge in [0.25, 0.3) is 5.91 Å². The number of hydrogen-bond acceptors (Lipinski definition) is 3. The molecule has 0 aliphatic carbocycles. The summed E-state index contributed by atoms with van der Waals surface area (Å²) in [5, 5.41) is 8.95. The summed E-state index contributed by atoms with van der Waals surface area (Å²) < 4.78 is 5.76. The third kappa shape index (κ3) is 3.96. The molecule has 0 aliphatic heterocycles. The van der Waals surface area contributed by atoms with E-state index in [2.05, 4.69) is 15.9 Å². The fourth-order valence-corrected chi connectivity index (χ4v) is 2.15. The van der Waals surface area contributed by atoms with E-state index in [0.717, 1.165) is 0 Å². The van der Waals surface area contributed by atoms with E-state index in [-0.39, 0.29) is 12.5 Å². The number of amides is 1. The van der Waals surface area contributed by atoms with Gasteiger partial charge in [-0.3, -0.25) is 9.59 Å². The molecule has 1 N–H and O–H groups in total. The number of hydrogen-bond donors (Lipinski definition) is 1. The highest BCUT2D eigenvalue weighted by atomic mass is 79.9. The summed E-state index contributed by atoms with van der Waals surface area (Å²) in [4.78, 5) is 24.9. The van der Waals surface area contributed by atoms with Crippen molar-refractivity contribution in [3.05, 3.63) is 28.2 Å². The van der Waals surface area contributed by atoms with Crippen LogP contribution in [-0.4, -0.2) is 42.1 Å². The molecule has 110 valence electrons. The molecule has 1 atom stereocenters. The van der Waals surface area contributed by atoms with Crippen molar-refractivity contribution in [2.24, 2.45) is 5.92 Å². The smallest absolute Gasteiger partial charge is 0.308 e. The van der Waals surface area contributed by atoms with Crippen LogP contribution in [0.1, 0.15) is 24.2 Å². The topological polar surface area (TPSA) is 66.8 Å². The van der Waals surface area contributed by atoms with Crippen LogP contribution in [0.2, 0.25) is 0 Å². The van der Waals surface area contributed by atoms with Gasteiger partial charge in [0.15, 0.2) is 0 Å². The molecule has 1 rings (SSSR count). The molecule has 0 heterocycles. The maximum Gasteiger partial charge on any atom is 0.308 e. The number of carbonyl (C=O) groups is 2. The largest absolute Gasteiger partial charge is 0.497 e. The van der Waals surface area contributed by atoms with Crippen molar-refractivity contribution in [1.82, 2.24) is 4.90 Å². The molecule has 0 aromatic heterocycles. The first kappa shape index (κ1) is 16.5. The molecule has 20 heavy (non-hydrogen) atoms. The summed E-state index contributed by atoms with van der Waals surface area (Å²) in [6, 6.07) is 5.12. The van der Waals surface area contributed by atoms with Crippen LogP contribution in [0.4, 0.5) is 0 Å². The van der Waals surface area contributed by atoms with Gasteiger partial charge >= 0.3 is 5.97 Å². The monoisotopic (exact) mass is 343 g/mol. The number of nitrogens with zero attached hydrogens (tertiary/aromatic N) is 1. The van der Waals surface area contributed by atoms with Gasteiger partial charge in [0.05, 0.1) is 18.6 Å². The number of carboxylic acid groups (broad SMARTS) is 1. The highest BCUT2D eigenvalue weighted by Crippen LogP contribution is 2.24. The number of benzene rings is 1. The lowest BCUT2D eigenvalue weighted by molar-refractivity contribution is -0.141. The average Bonchev–Trinajstić information content (AvgIpc) is 2.44. The van der Waals surface area contributed by atoms with E-state index in [1.54, 1.807) is 25.1 Å². The normalized spacial score (nSPS) is 11.8. The van der Waals surface area contributed by atoms with Crippen molar-refractivity contribution in [2.75, 3.05) is 20.2 Å². The molecule has 0 saturated carbocycles. The molecule has 5 nitrogen and oxygen atoms in total. The lowest BCUT2D eigenvalue weighted by atomic mass is 10.1. The molecule has 0 spiro atoms. The van der Waals surface area contributed by atoms with Crippen molar-refractivity contribution in [1.29, 1.82) is 0 Å². The first-order valence-electron chi connectivity index (χ1n) is 6.26. The van der Waals surface area contributed by atoms with Crippen LogP contribution in [0.25, 0.3) is 0 Å². The Balaban J connectivity index is 2.99. The predicted molar refractivity (Wildman–Crippen MR) is 79.1 cm³/mol. The Labute approximate surface area is 126 Å². The zero-order valence-corrected chi connectivity index (χ0v) is 13.3. The van der Waals surface area contributed by atoms with Gasteiger partial charge < -0.3 is 14.7 Å². The second-order valence-corrected chi connectivity index (χ2v) is 5.28. The highest BCUT2D eigenvalue weighted by molar-refractivity contribution is 9.10. The van der Waals surface area contributed by atoms with Crippen LogP contribution in [-0.2, 0) is 4.79 Å². The summed E-state index contributed by atoms with van der Waals surface area (Å²) in [5.74, 6) is -1.16. The van der Waals surface area contributed by atoms with Gasteiger partial charge in [-0.15, -0.1) is 0 Å². The maximum absolute atomic E-state index is 12.5. The Morgan fingerprint density at radius 1 is 1.45 bits per heavy atom. The van der Waals surface area contributed by atoms with Crippen LogP contribution < -0.4 is 4.74 Å². The van der Waals surface area contributed by atoms with Gasteiger partial charge in [0.1, 0.15) is 5.75 Å². The number of carbonyl (C=O) groups excluding carboxylic acids is 1. The highest BCUT2D eigenvalue weighted by Gasteiger charge is 2.22. The minimum atomic E-state index is -0.916. The number of methoxy groups -OCH3 is 1.